The number of nitrogens with zero attached hydrogens (tertiary/aromatic N) is 2. The zero-order chi connectivity index (χ0) is 22.4. The second-order valence-corrected chi connectivity index (χ2v) is 10.9. The molecule has 32 heavy (non-hydrogen) atoms. The molecule has 1 aliphatic carbocycles. The van der Waals surface area contributed by atoms with Crippen LogP contribution in [0.1, 0.15) is 52.0 Å². The number of carbonyl (C=O) groups excluding carboxylic acids is 3. The molecule has 0 unspecified atom stereocenters. The van der Waals surface area contributed by atoms with Crippen LogP contribution in [-0.4, -0.2) is 56.2 Å². The summed E-state index contributed by atoms with van der Waals surface area (Å²) < 4.78 is -0.713. The average Bonchev–Trinajstić information content (AvgIpc) is 3.26. The fourth-order valence-corrected chi connectivity index (χ4v) is 6.15. The Kier molecular flexibility index (Phi) is 7.34. The molecule has 1 N–H and O–H groups in total. The minimum absolute atomic E-state index is 0. The summed E-state index contributed by atoms with van der Waals surface area (Å²) in [5, 5.41) is 18.1. The molecule has 10 heteroatoms. The number of carboxylic acid groups (broad SMARTS) is 1. The minimum Gasteiger partial charge on any atom is -0.548 e. The number of benzene rings is 1. The number of carboxylic acids is 1. The van der Waals surface area contributed by atoms with Crippen molar-refractivity contribution >= 4 is 35.3 Å². The molecule has 4 rings (SSSR count). The first-order valence-corrected chi connectivity index (χ1v) is 11.3. The maximum absolute atomic E-state index is 13.1. The Morgan fingerprint density at radius 3 is 2.41 bits per heavy atom. The van der Waals surface area contributed by atoms with Gasteiger partial charge in [0.25, 0.3) is 5.91 Å². The summed E-state index contributed by atoms with van der Waals surface area (Å²) in [6.45, 7) is 5.50. The van der Waals surface area contributed by atoms with Gasteiger partial charge in [-0.05, 0) is 46.5 Å². The van der Waals surface area contributed by atoms with Gasteiger partial charge in [0.05, 0.1) is 12.0 Å². The molecular weight excluding hydrogens is 441 g/mol. The standard InChI is InChI=1S/C22H27N3O5S.Na/c1-21(2)16(20(28)29)25-18(27)15(19(25)31-21)23-17(26)14(13-9-5-4-6-10-13)24-30-22(3)11-7-8-12-22;/h4-6,9-10,15-16,19H,7-8,11-12H2,1-3H3,(H,23,26)(H,28,29);/q;+1/p-1/b24-14-;/t15-,16-,19+;/m0./s1. The molecule has 2 aliphatic heterocycles. The molecular formula is C22H26N3NaO5S. The van der Waals surface area contributed by atoms with Crippen LogP contribution in [-0.2, 0) is 19.2 Å². The molecule has 1 saturated carbocycles. The number of fused-ring (bicyclic) bond motifs is 1. The Morgan fingerprint density at radius 1 is 1.19 bits per heavy atom. The maximum Gasteiger partial charge on any atom is 1.00 e. The molecule has 1 aromatic rings. The summed E-state index contributed by atoms with van der Waals surface area (Å²) in [6.07, 6.45) is 3.85. The van der Waals surface area contributed by atoms with Gasteiger partial charge in [0.15, 0.2) is 5.71 Å². The van der Waals surface area contributed by atoms with Crippen molar-refractivity contribution < 1.29 is 53.9 Å². The van der Waals surface area contributed by atoms with E-state index in [9.17, 15) is 19.5 Å². The second kappa shape index (κ2) is 9.37. The number of hydrogen-bond acceptors (Lipinski definition) is 7. The number of carbonyl (C=O) groups is 3. The van der Waals surface area contributed by atoms with Gasteiger partial charge < -0.3 is 25.0 Å². The summed E-state index contributed by atoms with van der Waals surface area (Å²) in [7, 11) is 0. The first-order valence-electron chi connectivity index (χ1n) is 10.5. The maximum atomic E-state index is 13.1. The number of rotatable bonds is 6. The summed E-state index contributed by atoms with van der Waals surface area (Å²) >= 11 is 1.35. The van der Waals surface area contributed by atoms with Crippen LogP contribution in [0.15, 0.2) is 35.5 Å². The van der Waals surface area contributed by atoms with Crippen LogP contribution in [0.5, 0.6) is 0 Å². The van der Waals surface area contributed by atoms with Crippen molar-refractivity contribution in [2.75, 3.05) is 0 Å². The van der Waals surface area contributed by atoms with Gasteiger partial charge in [-0.1, -0.05) is 35.5 Å². The van der Waals surface area contributed by atoms with E-state index in [1.807, 2.05) is 13.0 Å². The normalized spacial score (nSPS) is 27.7. The van der Waals surface area contributed by atoms with E-state index < -0.39 is 45.6 Å². The molecule has 0 bridgehead atoms. The first-order chi connectivity index (χ1) is 14.6. The van der Waals surface area contributed by atoms with Crippen LogP contribution in [0.4, 0.5) is 0 Å². The number of β-lactam (4-membered cyclic amide) rings is 1. The number of thioether (sulfide) groups is 1. The van der Waals surface area contributed by atoms with Crippen LogP contribution in [0.25, 0.3) is 0 Å². The van der Waals surface area contributed by atoms with Gasteiger partial charge in [-0.3, -0.25) is 9.59 Å². The van der Waals surface area contributed by atoms with Crippen LogP contribution in [0.3, 0.4) is 0 Å². The van der Waals surface area contributed by atoms with Crippen LogP contribution < -0.4 is 40.0 Å². The Balaban J connectivity index is 0.00000289. The smallest absolute Gasteiger partial charge is 0.548 e. The number of hydrogen-bond donors (Lipinski definition) is 1. The Morgan fingerprint density at radius 2 is 1.81 bits per heavy atom. The Labute approximate surface area is 213 Å². The van der Waals surface area contributed by atoms with Gasteiger partial charge in [0, 0.05) is 10.3 Å². The van der Waals surface area contributed by atoms with Crippen molar-refractivity contribution in [1.29, 1.82) is 0 Å². The van der Waals surface area contributed by atoms with Gasteiger partial charge in [-0.25, -0.2) is 0 Å². The molecule has 0 aromatic heterocycles. The van der Waals surface area contributed by atoms with E-state index in [1.165, 1.54) is 16.7 Å². The van der Waals surface area contributed by atoms with Crippen molar-refractivity contribution in [3.8, 4) is 0 Å². The second-order valence-electron chi connectivity index (χ2n) is 9.08. The molecule has 3 aliphatic rings. The zero-order valence-electron chi connectivity index (χ0n) is 18.8. The largest absolute Gasteiger partial charge is 1.00 e. The van der Waals surface area contributed by atoms with Gasteiger partial charge in [-0.2, -0.15) is 0 Å². The Bertz CT molecular complexity index is 933. The topological polar surface area (TPSA) is 111 Å². The van der Waals surface area contributed by atoms with Gasteiger partial charge >= 0.3 is 29.6 Å². The molecule has 3 atom stereocenters. The van der Waals surface area contributed by atoms with Gasteiger partial charge in [0.2, 0.25) is 5.91 Å². The fourth-order valence-electron chi connectivity index (χ4n) is 4.53. The van der Waals surface area contributed by atoms with Crippen molar-refractivity contribution in [2.45, 2.75) is 74.3 Å². The average molecular weight is 468 g/mol. The van der Waals surface area contributed by atoms with E-state index in [-0.39, 0.29) is 35.3 Å². The van der Waals surface area contributed by atoms with E-state index in [0.29, 0.717) is 5.56 Å². The fraction of sp³-hybridized carbons (Fsp3) is 0.545. The van der Waals surface area contributed by atoms with Crippen LogP contribution >= 0.6 is 11.8 Å². The molecule has 0 spiro atoms. The first kappa shape index (κ1) is 25.1. The van der Waals surface area contributed by atoms with E-state index in [1.54, 1.807) is 38.1 Å². The van der Waals surface area contributed by atoms with E-state index >= 15 is 0 Å². The summed E-state index contributed by atoms with van der Waals surface area (Å²) in [4.78, 5) is 44.5. The predicted molar refractivity (Wildman–Crippen MR) is 114 cm³/mol. The Hall–Kier alpha value is -1.55. The van der Waals surface area contributed by atoms with Crippen molar-refractivity contribution in [3.05, 3.63) is 35.9 Å². The van der Waals surface area contributed by atoms with Crippen molar-refractivity contribution in [3.63, 3.8) is 0 Å². The molecule has 2 amide bonds. The van der Waals surface area contributed by atoms with Crippen LogP contribution in [0.2, 0.25) is 0 Å². The van der Waals surface area contributed by atoms with E-state index in [4.69, 9.17) is 4.84 Å². The zero-order valence-corrected chi connectivity index (χ0v) is 21.6. The minimum atomic E-state index is -1.29. The molecule has 0 radical (unpaired) electrons. The van der Waals surface area contributed by atoms with E-state index in [0.717, 1.165) is 25.7 Å². The molecule has 166 valence electrons. The molecule has 2 heterocycles. The monoisotopic (exact) mass is 467 g/mol. The number of amides is 2. The van der Waals surface area contributed by atoms with Gasteiger partial charge in [0.1, 0.15) is 17.0 Å². The molecule has 3 fully saturated rings. The molecule has 8 nitrogen and oxygen atoms in total. The third-order valence-corrected chi connectivity index (χ3v) is 7.80. The SMILES string of the molecule is CC1(O/N=C(\C(=O)N[C@H]2C(=O)N3[C@@H]2SC(C)(C)[C@@H]3C(=O)[O-])c2ccccc2)CCCC1.[Na+]. The van der Waals surface area contributed by atoms with Gasteiger partial charge in [-0.15, -0.1) is 11.8 Å². The van der Waals surface area contributed by atoms with E-state index in [2.05, 4.69) is 10.5 Å². The number of nitrogens with one attached hydrogen (secondary N) is 1. The van der Waals surface area contributed by atoms with Crippen molar-refractivity contribution in [1.82, 2.24) is 10.2 Å². The predicted octanol–water partition coefficient (Wildman–Crippen LogP) is -1.96. The third-order valence-electron chi connectivity index (χ3n) is 6.23. The van der Waals surface area contributed by atoms with Crippen LogP contribution in [0, 0.1) is 0 Å². The molecule has 2 saturated heterocycles. The quantitative estimate of drug-likeness (QED) is 0.225. The summed E-state index contributed by atoms with van der Waals surface area (Å²) in [6, 6.07) is 7.09. The number of oxime groups is 1. The number of aliphatic carboxylic acids is 1. The molecule has 1 aromatic carbocycles. The summed E-state index contributed by atoms with van der Waals surface area (Å²) in [5.74, 6) is -2.24. The third kappa shape index (κ3) is 4.58. The summed E-state index contributed by atoms with van der Waals surface area (Å²) in [5.41, 5.74) is 0.270. The van der Waals surface area contributed by atoms with Crippen molar-refractivity contribution in [2.24, 2.45) is 5.16 Å².